The maximum Gasteiger partial charge on any atom is 0.421 e. The van der Waals surface area contributed by atoms with Crippen molar-refractivity contribution in [1.29, 1.82) is 0 Å². The molecule has 1 atom stereocenters. The molecule has 0 radical (unpaired) electrons. The summed E-state index contributed by atoms with van der Waals surface area (Å²) in [5.41, 5.74) is -0.257. The molecule has 1 aromatic rings. The van der Waals surface area contributed by atoms with Crippen molar-refractivity contribution in [2.24, 2.45) is 0 Å². The molecule has 4 heteroatoms. The van der Waals surface area contributed by atoms with Crippen LogP contribution in [-0.2, 0) is 16.8 Å². The zero-order valence-corrected chi connectivity index (χ0v) is 9.19. The molecule has 0 N–H and O–H groups in total. The van der Waals surface area contributed by atoms with Gasteiger partial charge in [-0.05, 0) is 30.9 Å². The highest BCUT2D eigenvalue weighted by Gasteiger charge is 2.59. The van der Waals surface area contributed by atoms with Gasteiger partial charge in [0.25, 0.3) is 0 Å². The molecule has 1 unspecified atom stereocenters. The van der Waals surface area contributed by atoms with Crippen LogP contribution in [-0.4, -0.2) is 13.3 Å². The number of aryl methyl sites for hydroxylation is 2. The normalized spacial score (nSPS) is 24.6. The lowest BCUT2D eigenvalue weighted by Crippen LogP contribution is -2.42. The average Bonchev–Trinajstić information content (AvgIpc) is 2.56. The van der Waals surface area contributed by atoms with Crippen molar-refractivity contribution in [1.82, 2.24) is 0 Å². The summed E-state index contributed by atoms with van der Waals surface area (Å²) in [6, 6.07) is 5.18. The molecule has 88 valence electrons. The monoisotopic (exact) mass is 230 g/mol. The first kappa shape index (κ1) is 11.5. The van der Waals surface area contributed by atoms with Crippen LogP contribution < -0.4 is 0 Å². The van der Waals surface area contributed by atoms with Gasteiger partial charge in [0.15, 0.2) is 5.60 Å². The zero-order valence-electron chi connectivity index (χ0n) is 9.19. The highest BCUT2D eigenvalue weighted by molar-refractivity contribution is 5.41. The highest BCUT2D eigenvalue weighted by atomic mass is 19.4. The van der Waals surface area contributed by atoms with Crippen molar-refractivity contribution in [2.45, 2.75) is 31.5 Å². The van der Waals surface area contributed by atoms with E-state index in [0.717, 1.165) is 18.2 Å². The fraction of sp³-hybridized carbons (Fsp3) is 0.500. The van der Waals surface area contributed by atoms with E-state index in [1.807, 2.05) is 6.07 Å². The molecule has 16 heavy (non-hydrogen) atoms. The van der Waals surface area contributed by atoms with Crippen molar-refractivity contribution >= 4 is 0 Å². The fourth-order valence-corrected chi connectivity index (χ4v) is 2.35. The Kier molecular flexibility index (Phi) is 2.49. The second-order valence-corrected chi connectivity index (χ2v) is 4.19. The molecule has 1 nitrogen and oxygen atoms in total. The lowest BCUT2D eigenvalue weighted by molar-refractivity contribution is -0.275. The Bertz CT molecular complexity index is 411. The molecule has 0 heterocycles. The van der Waals surface area contributed by atoms with Gasteiger partial charge in [-0.1, -0.05) is 23.8 Å². The second kappa shape index (κ2) is 3.48. The first-order valence-corrected chi connectivity index (χ1v) is 5.12. The van der Waals surface area contributed by atoms with Crippen LogP contribution in [0.2, 0.25) is 0 Å². The van der Waals surface area contributed by atoms with Crippen LogP contribution in [0.5, 0.6) is 0 Å². The van der Waals surface area contributed by atoms with E-state index >= 15 is 0 Å². The van der Waals surface area contributed by atoms with Crippen LogP contribution in [0.3, 0.4) is 0 Å². The van der Waals surface area contributed by atoms with E-state index in [4.69, 9.17) is 4.74 Å². The molecule has 0 spiro atoms. The number of methoxy groups -OCH3 is 1. The molecule has 0 aromatic heterocycles. The van der Waals surface area contributed by atoms with Gasteiger partial charge < -0.3 is 4.74 Å². The van der Waals surface area contributed by atoms with E-state index in [0.29, 0.717) is 6.42 Å². The van der Waals surface area contributed by atoms with Crippen LogP contribution in [0.15, 0.2) is 18.2 Å². The molecule has 2 rings (SSSR count). The van der Waals surface area contributed by atoms with Gasteiger partial charge in [0.1, 0.15) is 0 Å². The van der Waals surface area contributed by atoms with Gasteiger partial charge in [-0.3, -0.25) is 0 Å². The molecule has 1 aliphatic rings. The third kappa shape index (κ3) is 1.44. The summed E-state index contributed by atoms with van der Waals surface area (Å²) in [6.07, 6.45) is -3.96. The average molecular weight is 230 g/mol. The summed E-state index contributed by atoms with van der Waals surface area (Å²) >= 11 is 0. The van der Waals surface area contributed by atoms with Gasteiger partial charge in [0.2, 0.25) is 0 Å². The van der Waals surface area contributed by atoms with Crippen molar-refractivity contribution in [2.75, 3.05) is 7.11 Å². The van der Waals surface area contributed by atoms with E-state index in [-0.39, 0.29) is 12.0 Å². The summed E-state index contributed by atoms with van der Waals surface area (Å²) in [7, 11) is 1.13. The molecular formula is C12H13F3O. The van der Waals surface area contributed by atoms with Gasteiger partial charge in [0.05, 0.1) is 0 Å². The smallest absolute Gasteiger partial charge is 0.364 e. The number of hydrogen-bond donors (Lipinski definition) is 0. The number of fused-ring (bicyclic) bond motifs is 1. The van der Waals surface area contributed by atoms with Gasteiger partial charge in [-0.25, -0.2) is 0 Å². The summed E-state index contributed by atoms with van der Waals surface area (Å²) < 4.78 is 44.1. The number of ether oxygens (including phenoxy) is 1. The first-order valence-electron chi connectivity index (χ1n) is 5.12. The molecule has 0 bridgehead atoms. The molecule has 0 amide bonds. The van der Waals surface area contributed by atoms with Crippen molar-refractivity contribution in [3.05, 3.63) is 34.9 Å². The second-order valence-electron chi connectivity index (χ2n) is 4.19. The quantitative estimate of drug-likeness (QED) is 0.719. The molecule has 0 saturated heterocycles. The molecule has 0 aliphatic heterocycles. The Balaban J connectivity index is 2.59. The van der Waals surface area contributed by atoms with Crippen LogP contribution in [0.25, 0.3) is 0 Å². The number of alkyl halides is 3. The Morgan fingerprint density at radius 1 is 1.31 bits per heavy atom. The molecule has 1 aliphatic carbocycles. The molecule has 1 aromatic carbocycles. The Morgan fingerprint density at radius 2 is 2.00 bits per heavy atom. The van der Waals surface area contributed by atoms with Gasteiger partial charge in [-0.15, -0.1) is 0 Å². The number of benzene rings is 1. The van der Waals surface area contributed by atoms with Crippen molar-refractivity contribution in [3.63, 3.8) is 0 Å². The SMILES string of the molecule is COC1(C(F)(F)F)CCc2ccc(C)cc21. The van der Waals surface area contributed by atoms with Crippen molar-refractivity contribution in [3.8, 4) is 0 Å². The molecule has 0 fully saturated rings. The Morgan fingerprint density at radius 3 is 2.56 bits per heavy atom. The molecular weight excluding hydrogens is 217 g/mol. The zero-order chi connectivity index (χ0) is 12.0. The number of hydrogen-bond acceptors (Lipinski definition) is 1. The van der Waals surface area contributed by atoms with Crippen LogP contribution in [0.4, 0.5) is 13.2 Å². The highest BCUT2D eigenvalue weighted by Crippen LogP contribution is 2.50. The van der Waals surface area contributed by atoms with E-state index < -0.39 is 11.8 Å². The van der Waals surface area contributed by atoms with Gasteiger partial charge in [0, 0.05) is 7.11 Å². The summed E-state index contributed by atoms with van der Waals surface area (Å²) in [5.74, 6) is 0. The third-order valence-corrected chi connectivity index (χ3v) is 3.25. The van der Waals surface area contributed by atoms with E-state index in [1.165, 1.54) is 0 Å². The summed E-state index contributed by atoms with van der Waals surface area (Å²) in [4.78, 5) is 0. The number of rotatable bonds is 1. The van der Waals surface area contributed by atoms with Crippen molar-refractivity contribution < 1.29 is 17.9 Å². The predicted molar refractivity (Wildman–Crippen MR) is 54.2 cm³/mol. The minimum atomic E-state index is -4.36. The maximum atomic E-state index is 13.1. The fourth-order valence-electron chi connectivity index (χ4n) is 2.35. The third-order valence-electron chi connectivity index (χ3n) is 3.25. The van der Waals surface area contributed by atoms with E-state index in [1.54, 1.807) is 19.1 Å². The number of halogens is 3. The minimum absolute atomic E-state index is 0.0220. The summed E-state index contributed by atoms with van der Waals surface area (Å²) in [6.45, 7) is 1.79. The summed E-state index contributed by atoms with van der Waals surface area (Å²) in [5, 5.41) is 0. The predicted octanol–water partition coefficient (Wildman–Crippen LogP) is 3.35. The van der Waals surface area contributed by atoms with E-state index in [9.17, 15) is 13.2 Å². The minimum Gasteiger partial charge on any atom is -0.364 e. The lowest BCUT2D eigenvalue weighted by atomic mass is 9.94. The van der Waals surface area contributed by atoms with Gasteiger partial charge in [-0.2, -0.15) is 13.2 Å². The molecule has 0 saturated carbocycles. The topological polar surface area (TPSA) is 9.23 Å². The van der Waals surface area contributed by atoms with Crippen LogP contribution in [0, 0.1) is 6.92 Å². The lowest BCUT2D eigenvalue weighted by Gasteiger charge is -2.31. The largest absolute Gasteiger partial charge is 0.421 e. The Hall–Kier alpha value is -1.03. The maximum absolute atomic E-state index is 13.1. The first-order chi connectivity index (χ1) is 7.40. The van der Waals surface area contributed by atoms with E-state index in [2.05, 4.69) is 0 Å². The van der Waals surface area contributed by atoms with Gasteiger partial charge >= 0.3 is 6.18 Å². The Labute approximate surface area is 92.2 Å². The van der Waals surface area contributed by atoms with Crippen LogP contribution in [0.1, 0.15) is 23.1 Å². The van der Waals surface area contributed by atoms with Crippen LogP contribution >= 0.6 is 0 Å². The standard InChI is InChI=1S/C12H13F3O/c1-8-3-4-9-5-6-11(16-2,10(9)7-8)12(13,14)15/h3-4,7H,5-6H2,1-2H3.